The number of pyridine rings is 1. The Bertz CT molecular complexity index is 1040. The summed E-state index contributed by atoms with van der Waals surface area (Å²) in [5.41, 5.74) is 1.08. The number of para-hydroxylation sites is 1. The Hall–Kier alpha value is -2.98. The average Bonchev–Trinajstić information content (AvgIpc) is 2.92. The van der Waals surface area contributed by atoms with E-state index in [1.165, 1.54) is 13.2 Å². The van der Waals surface area contributed by atoms with Gasteiger partial charge in [-0.3, -0.25) is 14.5 Å². The van der Waals surface area contributed by atoms with E-state index in [4.69, 9.17) is 22.1 Å². The van der Waals surface area contributed by atoms with Gasteiger partial charge in [-0.1, -0.05) is 42.2 Å². The molecule has 1 amide bonds. The average molecular weight is 418 g/mol. The highest BCUT2D eigenvalue weighted by atomic mass is 32.2. The van der Waals surface area contributed by atoms with Crippen molar-refractivity contribution in [2.75, 3.05) is 7.11 Å². The largest absolute Gasteiger partial charge is 0.494 e. The predicted octanol–water partition coefficient (Wildman–Crippen LogP) is 2.37. The number of methoxy groups -OCH3 is 1. The summed E-state index contributed by atoms with van der Waals surface area (Å²) in [6, 6.07) is 7.43. The van der Waals surface area contributed by atoms with Gasteiger partial charge in [0.2, 0.25) is 0 Å². The van der Waals surface area contributed by atoms with Crippen LogP contribution in [0.4, 0.5) is 0 Å². The molecule has 2 heterocycles. The van der Waals surface area contributed by atoms with E-state index in [-0.39, 0.29) is 9.23 Å². The van der Waals surface area contributed by atoms with Crippen LogP contribution in [-0.4, -0.2) is 55.4 Å². The molecule has 0 saturated carbocycles. The third-order valence-corrected chi connectivity index (χ3v) is 5.32. The van der Waals surface area contributed by atoms with Gasteiger partial charge in [0.1, 0.15) is 21.6 Å². The van der Waals surface area contributed by atoms with E-state index >= 15 is 0 Å². The second-order valence-electron chi connectivity index (χ2n) is 5.77. The van der Waals surface area contributed by atoms with Gasteiger partial charge in [0.15, 0.2) is 0 Å². The minimum atomic E-state index is -1.57. The van der Waals surface area contributed by atoms with Crippen LogP contribution in [0.1, 0.15) is 12.1 Å². The molecular formula is C18H14N2O6S2. The van der Waals surface area contributed by atoms with E-state index in [0.717, 1.165) is 22.0 Å². The molecule has 1 fully saturated rings. The van der Waals surface area contributed by atoms with E-state index in [9.17, 15) is 19.5 Å². The standard InChI is InChI=1S/C18H14N2O6S2/c1-26-12-4-2-3-9-5-6-10(19-15(9)12)7-13-16(23)20(18(27)28-13)11(17(24)25)8-14(21)22/h2-7,11H,8H2,1H3,(H,21,22)(H,24,25). The van der Waals surface area contributed by atoms with Gasteiger partial charge in [0, 0.05) is 5.39 Å². The molecule has 1 aromatic heterocycles. The fraction of sp³-hybridized carbons (Fsp3) is 0.167. The van der Waals surface area contributed by atoms with Gasteiger partial charge in [-0.2, -0.15) is 0 Å². The van der Waals surface area contributed by atoms with E-state index in [1.54, 1.807) is 12.1 Å². The molecule has 2 aromatic rings. The minimum absolute atomic E-state index is 0.0109. The second-order valence-corrected chi connectivity index (χ2v) is 7.45. The molecule has 1 saturated heterocycles. The van der Waals surface area contributed by atoms with Crippen molar-refractivity contribution >= 4 is 63.1 Å². The van der Waals surface area contributed by atoms with Crippen LogP contribution in [0.15, 0.2) is 35.2 Å². The lowest BCUT2D eigenvalue weighted by molar-refractivity contribution is -0.150. The summed E-state index contributed by atoms with van der Waals surface area (Å²) < 4.78 is 5.29. The number of thioether (sulfide) groups is 1. The van der Waals surface area contributed by atoms with Crippen LogP contribution in [0.3, 0.4) is 0 Å². The minimum Gasteiger partial charge on any atom is -0.494 e. The maximum absolute atomic E-state index is 12.7. The van der Waals surface area contributed by atoms with Crippen molar-refractivity contribution in [3.63, 3.8) is 0 Å². The summed E-state index contributed by atoms with van der Waals surface area (Å²) >= 11 is 6.01. The quantitative estimate of drug-likeness (QED) is 0.538. The fourth-order valence-corrected chi connectivity index (χ4v) is 4.06. The second kappa shape index (κ2) is 7.95. The van der Waals surface area contributed by atoms with E-state index in [2.05, 4.69) is 4.98 Å². The molecule has 0 radical (unpaired) electrons. The lowest BCUT2D eigenvalue weighted by Crippen LogP contribution is -2.45. The Morgan fingerprint density at radius 3 is 2.71 bits per heavy atom. The summed E-state index contributed by atoms with van der Waals surface area (Å²) in [6.45, 7) is 0. The van der Waals surface area contributed by atoms with Gasteiger partial charge in [-0.15, -0.1) is 0 Å². The maximum Gasteiger partial charge on any atom is 0.327 e. The summed E-state index contributed by atoms with van der Waals surface area (Å²) in [6.07, 6.45) is 0.741. The number of carboxylic acid groups (broad SMARTS) is 2. The number of rotatable bonds is 6. The number of carboxylic acids is 2. The number of benzene rings is 1. The number of amides is 1. The molecule has 8 nitrogen and oxygen atoms in total. The highest BCUT2D eigenvalue weighted by Gasteiger charge is 2.41. The van der Waals surface area contributed by atoms with E-state index in [1.807, 2.05) is 18.2 Å². The molecule has 2 N–H and O–H groups in total. The zero-order valence-corrected chi connectivity index (χ0v) is 16.1. The van der Waals surface area contributed by atoms with Crippen molar-refractivity contribution in [1.29, 1.82) is 0 Å². The summed E-state index contributed by atoms with van der Waals surface area (Å²) in [5, 5.41) is 19.1. The van der Waals surface area contributed by atoms with Crippen molar-refractivity contribution in [2.45, 2.75) is 12.5 Å². The van der Waals surface area contributed by atoms with Gasteiger partial charge in [0.05, 0.1) is 24.1 Å². The molecule has 144 valence electrons. The number of thiocarbonyl (C=S) groups is 1. The van der Waals surface area contributed by atoms with E-state index in [0.29, 0.717) is 17.0 Å². The van der Waals surface area contributed by atoms with Crippen molar-refractivity contribution < 1.29 is 29.3 Å². The Labute approximate surface area is 168 Å². The highest BCUT2D eigenvalue weighted by Crippen LogP contribution is 2.35. The molecule has 1 aromatic carbocycles. The topological polar surface area (TPSA) is 117 Å². The molecule has 1 aliphatic rings. The van der Waals surface area contributed by atoms with Crippen LogP contribution in [0.5, 0.6) is 5.75 Å². The maximum atomic E-state index is 12.7. The number of aromatic nitrogens is 1. The number of ether oxygens (including phenoxy) is 1. The third-order valence-electron chi connectivity index (χ3n) is 3.99. The highest BCUT2D eigenvalue weighted by molar-refractivity contribution is 8.26. The summed E-state index contributed by atoms with van der Waals surface area (Å²) in [7, 11) is 1.53. The lowest BCUT2D eigenvalue weighted by Gasteiger charge is -2.21. The van der Waals surface area contributed by atoms with Crippen LogP contribution in [-0.2, 0) is 14.4 Å². The zero-order valence-electron chi connectivity index (χ0n) is 14.5. The number of fused-ring (bicyclic) bond motifs is 1. The number of hydrogen-bond acceptors (Lipinski definition) is 7. The normalized spacial score (nSPS) is 16.6. The number of aliphatic carboxylic acids is 2. The smallest absolute Gasteiger partial charge is 0.327 e. The fourth-order valence-electron chi connectivity index (χ4n) is 2.72. The molecule has 3 rings (SSSR count). The van der Waals surface area contributed by atoms with Gasteiger partial charge in [-0.05, 0) is 18.2 Å². The first kappa shape index (κ1) is 19.8. The molecular weight excluding hydrogens is 404 g/mol. The monoisotopic (exact) mass is 418 g/mol. The first-order chi connectivity index (χ1) is 13.3. The molecule has 10 heteroatoms. The SMILES string of the molecule is COc1cccc2ccc(C=C3SC(=S)N(C(CC(=O)O)C(=O)O)C3=O)nc12. The Kier molecular flexibility index (Phi) is 5.61. The molecule has 28 heavy (non-hydrogen) atoms. The van der Waals surface area contributed by atoms with Gasteiger partial charge in [0.25, 0.3) is 5.91 Å². The Morgan fingerprint density at radius 2 is 2.07 bits per heavy atom. The predicted molar refractivity (Wildman–Crippen MR) is 107 cm³/mol. The number of nitrogens with zero attached hydrogens (tertiary/aromatic N) is 2. The van der Waals surface area contributed by atoms with Crippen molar-refractivity contribution in [1.82, 2.24) is 9.88 Å². The third kappa shape index (κ3) is 3.82. The van der Waals surface area contributed by atoms with Crippen LogP contribution >= 0.6 is 24.0 Å². The van der Waals surface area contributed by atoms with Crippen molar-refractivity contribution in [2.24, 2.45) is 0 Å². The zero-order chi connectivity index (χ0) is 20.4. The van der Waals surface area contributed by atoms with Gasteiger partial charge in [-0.25, -0.2) is 9.78 Å². The molecule has 0 aliphatic carbocycles. The number of carbonyl (C=O) groups excluding carboxylic acids is 1. The van der Waals surface area contributed by atoms with Crippen LogP contribution in [0, 0.1) is 0 Å². The van der Waals surface area contributed by atoms with Gasteiger partial charge < -0.3 is 14.9 Å². The first-order valence-electron chi connectivity index (χ1n) is 7.97. The van der Waals surface area contributed by atoms with Crippen LogP contribution < -0.4 is 4.74 Å². The molecule has 1 atom stereocenters. The molecule has 1 unspecified atom stereocenters. The molecule has 0 spiro atoms. The Morgan fingerprint density at radius 1 is 1.32 bits per heavy atom. The number of hydrogen-bond donors (Lipinski definition) is 2. The lowest BCUT2D eigenvalue weighted by atomic mass is 10.1. The van der Waals surface area contributed by atoms with Crippen LogP contribution in [0.2, 0.25) is 0 Å². The first-order valence-corrected chi connectivity index (χ1v) is 9.19. The van der Waals surface area contributed by atoms with Crippen molar-refractivity contribution in [3.05, 3.63) is 40.9 Å². The van der Waals surface area contributed by atoms with Gasteiger partial charge >= 0.3 is 11.9 Å². The Balaban J connectivity index is 1.96. The van der Waals surface area contributed by atoms with E-state index < -0.39 is 30.3 Å². The summed E-state index contributed by atoms with van der Waals surface area (Å²) in [4.78, 5) is 40.5. The van der Waals surface area contributed by atoms with Crippen molar-refractivity contribution in [3.8, 4) is 5.75 Å². The van der Waals surface area contributed by atoms with Crippen LogP contribution in [0.25, 0.3) is 17.0 Å². The summed E-state index contributed by atoms with van der Waals surface area (Å²) in [5.74, 6) is -2.86. The molecule has 0 bridgehead atoms. The molecule has 1 aliphatic heterocycles. The number of carbonyl (C=O) groups is 3.